The molecule has 1 aromatic carbocycles. The molecule has 0 fully saturated rings. The Labute approximate surface area is 166 Å². The van der Waals surface area contributed by atoms with Crippen molar-refractivity contribution in [2.45, 2.75) is 34.1 Å². The predicted molar refractivity (Wildman–Crippen MR) is 115 cm³/mol. The van der Waals surface area contributed by atoms with Gasteiger partial charge >= 0.3 is 0 Å². The van der Waals surface area contributed by atoms with Gasteiger partial charge in [0, 0.05) is 48.7 Å². The fourth-order valence-corrected chi connectivity index (χ4v) is 4.46. The monoisotopic (exact) mass is 370 g/mol. The first-order valence-corrected chi connectivity index (χ1v) is 9.87. The van der Waals surface area contributed by atoms with Gasteiger partial charge in [0.1, 0.15) is 5.76 Å². The molecule has 0 aliphatic heterocycles. The van der Waals surface area contributed by atoms with Gasteiger partial charge in [-0.2, -0.15) is 0 Å². The maximum Gasteiger partial charge on any atom is 0.151 e. The molecular weight excluding hydrogens is 344 g/mol. The number of fused-ring (bicyclic) bond motifs is 3. The summed E-state index contributed by atoms with van der Waals surface area (Å²) in [7, 11) is 4.25. The van der Waals surface area contributed by atoms with Gasteiger partial charge in [-0.1, -0.05) is 12.1 Å². The molecule has 3 heterocycles. The summed E-state index contributed by atoms with van der Waals surface area (Å²) in [6.07, 6.45) is 0.937. The van der Waals surface area contributed by atoms with E-state index in [-0.39, 0.29) is 0 Å². The Morgan fingerprint density at radius 2 is 1.39 bits per heavy atom. The number of benzene rings is 1. The minimum Gasteiger partial charge on any atom is -0.454 e. The van der Waals surface area contributed by atoms with Crippen molar-refractivity contribution < 1.29 is 4.42 Å². The predicted octanol–water partition coefficient (Wildman–Crippen LogP) is 6.10. The third-order valence-electron chi connectivity index (χ3n) is 6.66. The fraction of sp³-hybridized carbons (Fsp3) is 0.280. The molecule has 0 atom stereocenters. The van der Waals surface area contributed by atoms with E-state index in [4.69, 9.17) is 4.42 Å². The average molecular weight is 370 g/mol. The number of furan rings is 1. The Balaban J connectivity index is 1.56. The van der Waals surface area contributed by atoms with E-state index in [9.17, 15) is 0 Å². The van der Waals surface area contributed by atoms with Crippen LogP contribution in [0.15, 0.2) is 40.8 Å². The van der Waals surface area contributed by atoms with Gasteiger partial charge in [-0.05, 0) is 74.2 Å². The molecule has 142 valence electrons. The Morgan fingerprint density at radius 3 is 2.00 bits per heavy atom. The molecule has 0 bridgehead atoms. The minimum atomic E-state index is 0.937. The molecule has 0 unspecified atom stereocenters. The number of nitrogens with zero attached hydrogens (tertiary/aromatic N) is 2. The summed E-state index contributed by atoms with van der Waals surface area (Å²) in [5.41, 5.74) is 12.8. The zero-order chi connectivity index (χ0) is 19.7. The van der Waals surface area contributed by atoms with E-state index in [0.29, 0.717) is 0 Å². The molecule has 0 N–H and O–H groups in total. The number of rotatable bonds is 2. The van der Waals surface area contributed by atoms with Crippen molar-refractivity contribution in [2.75, 3.05) is 0 Å². The van der Waals surface area contributed by atoms with E-state index >= 15 is 0 Å². The molecule has 0 saturated carbocycles. The van der Waals surface area contributed by atoms with Crippen molar-refractivity contribution >= 4 is 0 Å². The van der Waals surface area contributed by atoms with Gasteiger partial charge in [0.25, 0.3) is 0 Å². The average Bonchev–Trinajstić information content (AvgIpc) is 3.36. The Morgan fingerprint density at radius 1 is 0.750 bits per heavy atom. The maximum atomic E-state index is 6.35. The van der Waals surface area contributed by atoms with Crippen LogP contribution in [-0.2, 0) is 20.5 Å². The number of aryl methyl sites for hydroxylation is 2. The molecule has 0 spiro atoms. The smallest absolute Gasteiger partial charge is 0.151 e. The topological polar surface area (TPSA) is 23.0 Å². The van der Waals surface area contributed by atoms with E-state index in [1.54, 1.807) is 0 Å². The van der Waals surface area contributed by atoms with Crippen LogP contribution in [0, 0.1) is 27.7 Å². The van der Waals surface area contributed by atoms with Crippen LogP contribution in [0.25, 0.3) is 34.0 Å². The third kappa shape index (κ3) is 2.29. The van der Waals surface area contributed by atoms with Gasteiger partial charge < -0.3 is 13.6 Å². The van der Waals surface area contributed by atoms with E-state index in [0.717, 1.165) is 23.6 Å². The van der Waals surface area contributed by atoms with Gasteiger partial charge in [-0.15, -0.1) is 0 Å². The SMILES string of the molecule is Cc1cc(-c2ccc3c(c2)Cc2cc(-c4cc(C)c(C)n4C)oc2-3)n(C)c1C. The third-order valence-corrected chi connectivity index (χ3v) is 6.66. The van der Waals surface area contributed by atoms with Crippen LogP contribution < -0.4 is 0 Å². The van der Waals surface area contributed by atoms with E-state index < -0.39 is 0 Å². The highest BCUT2D eigenvalue weighted by atomic mass is 16.3. The van der Waals surface area contributed by atoms with Crippen LogP contribution in [0.2, 0.25) is 0 Å². The van der Waals surface area contributed by atoms with Crippen molar-refractivity contribution in [2.24, 2.45) is 14.1 Å². The summed E-state index contributed by atoms with van der Waals surface area (Å²) in [5, 5.41) is 0. The highest BCUT2D eigenvalue weighted by molar-refractivity contribution is 5.79. The van der Waals surface area contributed by atoms with Crippen molar-refractivity contribution in [3.8, 4) is 34.0 Å². The fourth-order valence-electron chi connectivity index (χ4n) is 4.46. The van der Waals surface area contributed by atoms with Crippen molar-refractivity contribution in [1.29, 1.82) is 0 Å². The lowest BCUT2D eigenvalue weighted by Gasteiger charge is -2.08. The highest BCUT2D eigenvalue weighted by Gasteiger charge is 2.25. The van der Waals surface area contributed by atoms with Crippen molar-refractivity contribution in [3.05, 3.63) is 70.0 Å². The molecule has 1 aliphatic carbocycles. The first-order chi connectivity index (χ1) is 13.3. The van der Waals surface area contributed by atoms with Crippen molar-refractivity contribution in [1.82, 2.24) is 9.13 Å². The van der Waals surface area contributed by atoms with Gasteiger partial charge in [0.2, 0.25) is 0 Å². The van der Waals surface area contributed by atoms with Crippen LogP contribution in [0.4, 0.5) is 0 Å². The standard InChI is InChI=1S/C25H26N2O/c1-14-9-22(26(5)16(14)3)18-7-8-21-19(11-18)12-20-13-24(28-25(20)21)23-10-15(2)17(4)27(23)6/h7-11,13H,12H2,1-6H3. The summed E-state index contributed by atoms with van der Waals surface area (Å²) < 4.78 is 10.8. The first kappa shape index (κ1) is 17.2. The van der Waals surface area contributed by atoms with Crippen LogP contribution >= 0.6 is 0 Å². The second-order valence-electron chi connectivity index (χ2n) is 8.23. The second-order valence-corrected chi connectivity index (χ2v) is 8.23. The molecule has 28 heavy (non-hydrogen) atoms. The van der Waals surface area contributed by atoms with Crippen LogP contribution in [0.1, 0.15) is 33.6 Å². The second kappa shape index (κ2) is 5.78. The summed E-state index contributed by atoms with van der Waals surface area (Å²) >= 11 is 0. The molecule has 3 aromatic heterocycles. The Bertz CT molecular complexity index is 1250. The highest BCUT2D eigenvalue weighted by Crippen LogP contribution is 2.43. The summed E-state index contributed by atoms with van der Waals surface area (Å²) in [4.78, 5) is 0. The molecule has 0 radical (unpaired) electrons. The molecule has 0 saturated heterocycles. The van der Waals surface area contributed by atoms with Crippen LogP contribution in [-0.4, -0.2) is 9.13 Å². The zero-order valence-corrected chi connectivity index (χ0v) is 17.5. The van der Waals surface area contributed by atoms with Crippen molar-refractivity contribution in [3.63, 3.8) is 0 Å². The molecule has 1 aliphatic rings. The quantitative estimate of drug-likeness (QED) is 0.368. The molecular formula is C25H26N2O. The molecule has 3 nitrogen and oxygen atoms in total. The number of hydrogen-bond donors (Lipinski definition) is 0. The number of hydrogen-bond acceptors (Lipinski definition) is 1. The Hall–Kier alpha value is -2.94. The van der Waals surface area contributed by atoms with Gasteiger partial charge in [0.15, 0.2) is 5.76 Å². The van der Waals surface area contributed by atoms with E-state index in [2.05, 4.69) is 87.3 Å². The molecule has 4 aromatic rings. The lowest BCUT2D eigenvalue weighted by atomic mass is 10.0. The maximum absolute atomic E-state index is 6.35. The minimum absolute atomic E-state index is 0.937. The van der Waals surface area contributed by atoms with Gasteiger partial charge in [0.05, 0.1) is 5.69 Å². The summed E-state index contributed by atoms with van der Waals surface area (Å²) in [6, 6.07) is 13.5. The lowest BCUT2D eigenvalue weighted by Crippen LogP contribution is -1.95. The molecule has 3 heteroatoms. The van der Waals surface area contributed by atoms with E-state index in [1.165, 1.54) is 50.5 Å². The first-order valence-electron chi connectivity index (χ1n) is 9.87. The Kier molecular flexibility index (Phi) is 3.54. The number of aromatic nitrogens is 2. The van der Waals surface area contributed by atoms with Gasteiger partial charge in [-0.3, -0.25) is 0 Å². The molecule has 5 rings (SSSR count). The molecule has 0 amide bonds. The zero-order valence-electron chi connectivity index (χ0n) is 17.5. The van der Waals surface area contributed by atoms with Crippen LogP contribution in [0.5, 0.6) is 0 Å². The summed E-state index contributed by atoms with van der Waals surface area (Å²) in [6.45, 7) is 8.66. The summed E-state index contributed by atoms with van der Waals surface area (Å²) in [5.74, 6) is 2.00. The van der Waals surface area contributed by atoms with Gasteiger partial charge in [-0.25, -0.2) is 0 Å². The lowest BCUT2D eigenvalue weighted by molar-refractivity contribution is 0.591. The van der Waals surface area contributed by atoms with Crippen LogP contribution in [0.3, 0.4) is 0 Å². The van der Waals surface area contributed by atoms with E-state index in [1.807, 2.05) is 0 Å². The largest absolute Gasteiger partial charge is 0.454 e. The normalized spacial score (nSPS) is 12.5.